The molecule has 0 aliphatic heterocycles. The third-order valence-electron chi connectivity index (χ3n) is 4.78. The highest BCUT2D eigenvalue weighted by Gasteiger charge is 2.22. The summed E-state index contributed by atoms with van der Waals surface area (Å²) in [5.41, 5.74) is 2.70. The fourth-order valence-corrected chi connectivity index (χ4v) is 3.90. The number of amides is 2. The number of anilines is 1. The number of carbonyl (C=O) groups excluding carboxylic acids is 2. The zero-order valence-corrected chi connectivity index (χ0v) is 16.5. The molecule has 2 aromatic carbocycles. The van der Waals surface area contributed by atoms with Crippen LogP contribution in [0.3, 0.4) is 0 Å². The van der Waals surface area contributed by atoms with Crippen LogP contribution in [0.25, 0.3) is 10.9 Å². The number of benzene rings is 2. The molecule has 5 nitrogen and oxygen atoms in total. The van der Waals surface area contributed by atoms with E-state index in [1.54, 1.807) is 6.07 Å². The minimum absolute atomic E-state index is 0.229. The molecular formula is C23H21N3O2S. The maximum absolute atomic E-state index is 13.1. The molecule has 29 heavy (non-hydrogen) atoms. The van der Waals surface area contributed by atoms with E-state index in [2.05, 4.69) is 15.6 Å². The van der Waals surface area contributed by atoms with E-state index in [1.165, 1.54) is 11.3 Å². The zero-order chi connectivity index (χ0) is 20.1. The van der Waals surface area contributed by atoms with Crippen molar-refractivity contribution in [1.29, 1.82) is 0 Å². The summed E-state index contributed by atoms with van der Waals surface area (Å²) in [7, 11) is 0. The van der Waals surface area contributed by atoms with Crippen LogP contribution in [0.1, 0.15) is 21.7 Å². The molecule has 1 unspecified atom stereocenters. The molecule has 0 radical (unpaired) electrons. The van der Waals surface area contributed by atoms with Crippen molar-refractivity contribution in [2.75, 3.05) is 5.32 Å². The number of rotatable bonds is 7. The molecule has 146 valence electrons. The van der Waals surface area contributed by atoms with Crippen LogP contribution in [0.2, 0.25) is 0 Å². The summed E-state index contributed by atoms with van der Waals surface area (Å²) in [5.74, 6) is -0.459. The molecule has 3 N–H and O–H groups in total. The lowest BCUT2D eigenvalue weighted by molar-refractivity contribution is -0.118. The fraction of sp³-hybridized carbons (Fsp3) is 0.130. The Balaban J connectivity index is 1.52. The smallest absolute Gasteiger partial charge is 0.261 e. The first-order chi connectivity index (χ1) is 14.2. The first-order valence-corrected chi connectivity index (χ1v) is 10.3. The standard InChI is InChI=1S/C23H21N3O2S/c27-22(25-18-9-4-8-17-13-14-24-21(17)18)19(12-11-16-6-2-1-3-7-16)26-23(28)20-10-5-15-29-20/h1-10,13-15,19,24H,11-12H2,(H,25,27)(H,26,28). The fourth-order valence-electron chi connectivity index (χ4n) is 3.27. The highest BCUT2D eigenvalue weighted by Crippen LogP contribution is 2.22. The van der Waals surface area contributed by atoms with Crippen LogP contribution in [0.5, 0.6) is 0 Å². The highest BCUT2D eigenvalue weighted by molar-refractivity contribution is 7.12. The number of aromatic amines is 1. The number of thiophene rings is 1. The predicted molar refractivity (Wildman–Crippen MR) is 117 cm³/mol. The van der Waals surface area contributed by atoms with E-state index in [0.29, 0.717) is 23.4 Å². The second-order valence-corrected chi connectivity index (χ2v) is 7.71. The van der Waals surface area contributed by atoms with Crippen molar-refractivity contribution in [2.45, 2.75) is 18.9 Å². The summed E-state index contributed by atoms with van der Waals surface area (Å²) in [6, 6.07) is 20.6. The van der Waals surface area contributed by atoms with E-state index in [9.17, 15) is 9.59 Å². The normalized spacial score (nSPS) is 11.9. The largest absolute Gasteiger partial charge is 0.359 e. The summed E-state index contributed by atoms with van der Waals surface area (Å²) in [6.45, 7) is 0. The van der Waals surface area contributed by atoms with Crippen LogP contribution < -0.4 is 10.6 Å². The van der Waals surface area contributed by atoms with Crippen LogP contribution >= 0.6 is 11.3 Å². The Morgan fingerprint density at radius 2 is 1.83 bits per heavy atom. The van der Waals surface area contributed by atoms with Crippen molar-refractivity contribution in [3.8, 4) is 0 Å². The SMILES string of the molecule is O=C(NC(CCc1ccccc1)C(=O)Nc1cccc2cc[nH]c12)c1cccs1. The van der Waals surface area contributed by atoms with E-state index in [0.717, 1.165) is 16.5 Å². The second kappa shape index (κ2) is 8.75. The molecule has 0 fully saturated rings. The van der Waals surface area contributed by atoms with Gasteiger partial charge >= 0.3 is 0 Å². The van der Waals surface area contributed by atoms with Crippen LogP contribution in [0.4, 0.5) is 5.69 Å². The Bertz CT molecular complexity index is 1100. The molecule has 0 saturated carbocycles. The van der Waals surface area contributed by atoms with Gasteiger partial charge in [0.1, 0.15) is 6.04 Å². The molecule has 0 aliphatic rings. The molecule has 0 aliphatic carbocycles. The van der Waals surface area contributed by atoms with Crippen molar-refractivity contribution < 1.29 is 9.59 Å². The lowest BCUT2D eigenvalue weighted by atomic mass is 10.0. The molecule has 1 atom stereocenters. The van der Waals surface area contributed by atoms with Gasteiger partial charge in [-0.1, -0.05) is 48.5 Å². The number of hydrogen-bond donors (Lipinski definition) is 3. The van der Waals surface area contributed by atoms with E-state index >= 15 is 0 Å². The number of aryl methyl sites for hydroxylation is 1. The minimum Gasteiger partial charge on any atom is -0.359 e. The first kappa shape index (κ1) is 19.0. The Morgan fingerprint density at radius 3 is 2.62 bits per heavy atom. The summed E-state index contributed by atoms with van der Waals surface area (Å²) >= 11 is 1.36. The molecule has 4 rings (SSSR count). The molecule has 6 heteroatoms. The number of nitrogens with one attached hydrogen (secondary N) is 3. The van der Waals surface area contributed by atoms with Crippen molar-refractivity contribution in [2.24, 2.45) is 0 Å². The average molecular weight is 404 g/mol. The molecule has 2 aromatic heterocycles. The van der Waals surface area contributed by atoms with Gasteiger partial charge in [-0.15, -0.1) is 11.3 Å². The second-order valence-electron chi connectivity index (χ2n) is 6.76. The van der Waals surface area contributed by atoms with Gasteiger partial charge in [0, 0.05) is 11.6 Å². The Morgan fingerprint density at radius 1 is 0.966 bits per heavy atom. The van der Waals surface area contributed by atoms with Crippen LogP contribution in [-0.2, 0) is 11.2 Å². The number of aromatic nitrogens is 1. The van der Waals surface area contributed by atoms with Crippen molar-refractivity contribution in [1.82, 2.24) is 10.3 Å². The Kier molecular flexibility index (Phi) is 5.72. The quantitative estimate of drug-likeness (QED) is 0.422. The third-order valence-corrected chi connectivity index (χ3v) is 5.65. The lowest BCUT2D eigenvalue weighted by Gasteiger charge is -2.18. The lowest BCUT2D eigenvalue weighted by Crippen LogP contribution is -2.44. The first-order valence-electron chi connectivity index (χ1n) is 9.46. The Labute approximate surface area is 172 Å². The van der Waals surface area contributed by atoms with Gasteiger partial charge in [0.25, 0.3) is 5.91 Å². The summed E-state index contributed by atoms with van der Waals surface area (Å²) in [4.78, 5) is 29.4. The maximum atomic E-state index is 13.1. The molecule has 4 aromatic rings. The van der Waals surface area contributed by atoms with Crippen LogP contribution in [0.15, 0.2) is 78.3 Å². The van der Waals surface area contributed by atoms with Crippen molar-refractivity contribution in [3.05, 3.63) is 88.7 Å². The number of H-pyrrole nitrogens is 1. The molecule has 2 amide bonds. The Hall–Kier alpha value is -3.38. The number of para-hydroxylation sites is 1. The number of hydrogen-bond acceptors (Lipinski definition) is 3. The molecule has 0 bridgehead atoms. The third kappa shape index (κ3) is 4.55. The molecule has 0 spiro atoms. The highest BCUT2D eigenvalue weighted by atomic mass is 32.1. The molecule has 2 heterocycles. The molecule has 0 saturated heterocycles. The van der Waals surface area contributed by atoms with Gasteiger partial charge in [0.05, 0.1) is 16.1 Å². The van der Waals surface area contributed by atoms with Crippen LogP contribution in [-0.4, -0.2) is 22.8 Å². The summed E-state index contributed by atoms with van der Waals surface area (Å²) < 4.78 is 0. The topological polar surface area (TPSA) is 74.0 Å². The summed E-state index contributed by atoms with van der Waals surface area (Å²) in [6.07, 6.45) is 3.04. The van der Waals surface area contributed by atoms with E-state index in [4.69, 9.17) is 0 Å². The van der Waals surface area contributed by atoms with E-state index in [1.807, 2.05) is 72.2 Å². The van der Waals surface area contributed by atoms with Crippen molar-refractivity contribution >= 4 is 39.7 Å². The van der Waals surface area contributed by atoms with Gasteiger partial charge in [0.15, 0.2) is 0 Å². The van der Waals surface area contributed by atoms with Crippen LogP contribution in [0, 0.1) is 0 Å². The van der Waals surface area contributed by atoms with Gasteiger partial charge in [0.2, 0.25) is 5.91 Å². The molecular weight excluding hydrogens is 382 g/mol. The maximum Gasteiger partial charge on any atom is 0.261 e. The predicted octanol–water partition coefficient (Wildman–Crippen LogP) is 4.60. The minimum atomic E-state index is -0.643. The van der Waals surface area contributed by atoms with Gasteiger partial charge in [-0.3, -0.25) is 9.59 Å². The zero-order valence-electron chi connectivity index (χ0n) is 15.7. The van der Waals surface area contributed by atoms with Crippen molar-refractivity contribution in [3.63, 3.8) is 0 Å². The van der Waals surface area contributed by atoms with Gasteiger partial charge in [-0.2, -0.15) is 0 Å². The number of carbonyl (C=O) groups is 2. The summed E-state index contributed by atoms with van der Waals surface area (Å²) in [5, 5.41) is 8.74. The van der Waals surface area contributed by atoms with Gasteiger partial charge in [-0.25, -0.2) is 0 Å². The van der Waals surface area contributed by atoms with Gasteiger partial charge in [-0.05, 0) is 42.0 Å². The monoisotopic (exact) mass is 403 g/mol. The van der Waals surface area contributed by atoms with Gasteiger partial charge < -0.3 is 15.6 Å². The van der Waals surface area contributed by atoms with E-state index in [-0.39, 0.29) is 11.8 Å². The average Bonchev–Trinajstić information content (AvgIpc) is 3.44. The number of fused-ring (bicyclic) bond motifs is 1. The van der Waals surface area contributed by atoms with E-state index < -0.39 is 6.04 Å².